The number of fused-ring (bicyclic) bond motifs is 8. The molecule has 1 fully saturated rings. The van der Waals surface area contributed by atoms with Gasteiger partial charge in [0.2, 0.25) is 0 Å². The topological polar surface area (TPSA) is 19.6 Å². The van der Waals surface area contributed by atoms with Crippen LogP contribution in [0.2, 0.25) is 0 Å². The lowest BCUT2D eigenvalue weighted by Gasteiger charge is -2.54. The van der Waals surface area contributed by atoms with E-state index >= 15 is 8.78 Å². The molecule has 1 aromatic heterocycles. The maximum Gasteiger partial charge on any atom is 0.256 e. The van der Waals surface area contributed by atoms with Crippen LogP contribution in [0.4, 0.5) is 31.7 Å². The minimum absolute atomic E-state index is 0.0114. The average molecular weight is 981 g/mol. The highest BCUT2D eigenvalue weighted by Gasteiger charge is 2.56. The van der Waals surface area contributed by atoms with E-state index < -0.39 is 11.6 Å². The van der Waals surface area contributed by atoms with Crippen LogP contribution in [-0.4, -0.2) is 12.8 Å². The zero-order chi connectivity index (χ0) is 52.3. The molecule has 0 amide bonds. The number of benzene rings is 3. The lowest BCUT2D eigenvalue weighted by atomic mass is 9.32. The van der Waals surface area contributed by atoms with E-state index in [-0.39, 0.29) is 73.5 Å². The molecule has 0 saturated heterocycles. The van der Waals surface area contributed by atoms with Crippen LogP contribution in [0.15, 0.2) is 88.0 Å². The van der Waals surface area contributed by atoms with Gasteiger partial charge in [0, 0.05) is 28.1 Å². The van der Waals surface area contributed by atoms with Gasteiger partial charge in [-0.2, -0.15) is 0 Å². The molecule has 1 saturated carbocycles. The summed E-state index contributed by atoms with van der Waals surface area (Å²) in [5.74, 6) is 1.34. The molecule has 0 bridgehead atoms. The van der Waals surface area contributed by atoms with Gasteiger partial charge in [0.25, 0.3) is 6.71 Å². The number of hydrogen-bond acceptors (Lipinski definition) is 3. The molecule has 4 aromatic rings. The maximum absolute atomic E-state index is 17.0. The second-order valence-corrected chi connectivity index (χ2v) is 29.9. The highest BCUT2D eigenvalue weighted by Crippen LogP contribution is 2.60. The molecule has 3 atom stereocenters. The van der Waals surface area contributed by atoms with Crippen molar-refractivity contribution in [2.75, 3.05) is 9.80 Å². The lowest BCUT2D eigenvalue weighted by molar-refractivity contribution is 0.0331. The van der Waals surface area contributed by atoms with Crippen molar-refractivity contribution in [3.8, 4) is 0 Å². The number of allylic oxidation sites excluding steroid dienone is 5. The summed E-state index contributed by atoms with van der Waals surface area (Å²) in [7, 11) is 0. The number of aryl methyl sites for hydroxylation is 1. The summed E-state index contributed by atoms with van der Waals surface area (Å²) in [5, 5.41) is 0. The highest BCUT2D eigenvalue weighted by atomic mass is 19.1. The van der Waals surface area contributed by atoms with Crippen molar-refractivity contribution < 1.29 is 13.2 Å². The number of hydrogen-bond donors (Lipinski definition) is 0. The second-order valence-electron chi connectivity index (χ2n) is 29.9. The summed E-state index contributed by atoms with van der Waals surface area (Å²) < 4.78 is 41.7. The van der Waals surface area contributed by atoms with Gasteiger partial charge in [-0.1, -0.05) is 153 Å². The van der Waals surface area contributed by atoms with E-state index in [1.165, 1.54) is 69.0 Å². The van der Waals surface area contributed by atoms with Crippen molar-refractivity contribution in [3.05, 3.63) is 129 Å². The Morgan fingerprint density at radius 3 is 1.81 bits per heavy atom. The van der Waals surface area contributed by atoms with Gasteiger partial charge in [-0.25, -0.2) is 8.78 Å². The van der Waals surface area contributed by atoms with Crippen LogP contribution in [-0.2, 0) is 21.7 Å². The Bertz CT molecular complexity index is 3170. The Morgan fingerprint density at radius 1 is 0.589 bits per heavy atom. The van der Waals surface area contributed by atoms with Gasteiger partial charge in [-0.05, 0) is 189 Å². The third kappa shape index (κ3) is 7.04. The first-order chi connectivity index (χ1) is 33.9. The molecule has 6 heteroatoms. The van der Waals surface area contributed by atoms with Gasteiger partial charge in [0.05, 0.1) is 17.3 Å². The van der Waals surface area contributed by atoms with E-state index in [2.05, 4.69) is 176 Å². The summed E-state index contributed by atoms with van der Waals surface area (Å²) >= 11 is 0. The van der Waals surface area contributed by atoms with E-state index in [4.69, 9.17) is 4.42 Å². The largest absolute Gasteiger partial charge is 0.445 e. The summed E-state index contributed by atoms with van der Waals surface area (Å²) in [6, 6.07) is 14.5. The van der Waals surface area contributed by atoms with E-state index in [0.717, 1.165) is 85.6 Å². The van der Waals surface area contributed by atoms with Crippen LogP contribution in [0.25, 0.3) is 5.57 Å². The van der Waals surface area contributed by atoms with Crippen LogP contribution < -0.4 is 26.2 Å². The first-order valence-corrected chi connectivity index (χ1v) is 28.3. The predicted octanol–water partition coefficient (Wildman–Crippen LogP) is 16.5. The van der Waals surface area contributed by atoms with Crippen molar-refractivity contribution in [3.63, 3.8) is 0 Å². The molecule has 0 spiro atoms. The lowest BCUT2D eigenvalue weighted by Crippen LogP contribution is -2.64. The first-order valence-electron chi connectivity index (χ1n) is 28.3. The van der Waals surface area contributed by atoms with E-state index in [9.17, 15) is 0 Å². The zero-order valence-corrected chi connectivity index (χ0v) is 47.6. The van der Waals surface area contributed by atoms with Crippen molar-refractivity contribution >= 4 is 51.6 Å². The Morgan fingerprint density at radius 2 is 1.15 bits per heavy atom. The van der Waals surface area contributed by atoms with Crippen LogP contribution in [0.5, 0.6) is 0 Å². The fourth-order valence-electron chi connectivity index (χ4n) is 16.0. The molecule has 3 unspecified atom stereocenters. The molecule has 6 aliphatic carbocycles. The smallest absolute Gasteiger partial charge is 0.256 e. The summed E-state index contributed by atoms with van der Waals surface area (Å²) in [6.07, 6.45) is 19.5. The van der Waals surface area contributed by atoms with Gasteiger partial charge in [-0.15, -0.1) is 0 Å². The molecule has 73 heavy (non-hydrogen) atoms. The first kappa shape index (κ1) is 49.3. The molecular weight excluding hydrogens is 898 g/mol. The fraction of sp³-hybridized carbons (Fsp3) is 0.552. The number of rotatable bonds is 3. The van der Waals surface area contributed by atoms with Crippen LogP contribution in [0.3, 0.4) is 0 Å². The zero-order valence-electron chi connectivity index (χ0n) is 47.6. The molecule has 3 nitrogen and oxygen atoms in total. The molecule has 3 aromatic carbocycles. The Hall–Kier alpha value is -4.58. The van der Waals surface area contributed by atoms with E-state index in [1.807, 2.05) is 0 Å². The Balaban J connectivity index is 1.21. The number of halogens is 2. The van der Waals surface area contributed by atoms with Gasteiger partial charge in [0.1, 0.15) is 17.4 Å². The average Bonchev–Trinajstić information content (AvgIpc) is 3.72. The molecule has 2 aliphatic heterocycles. The van der Waals surface area contributed by atoms with E-state index in [0.29, 0.717) is 5.57 Å². The molecule has 0 radical (unpaired) electrons. The van der Waals surface area contributed by atoms with Crippen LogP contribution in [0, 0.1) is 52.1 Å². The summed E-state index contributed by atoms with van der Waals surface area (Å²) in [4.78, 5) is 5.16. The van der Waals surface area contributed by atoms with Crippen molar-refractivity contribution in [1.29, 1.82) is 0 Å². The van der Waals surface area contributed by atoms with Gasteiger partial charge < -0.3 is 14.2 Å². The number of anilines is 4. The van der Waals surface area contributed by atoms with Gasteiger partial charge >= 0.3 is 0 Å². The second kappa shape index (κ2) is 15.3. The van der Waals surface area contributed by atoms with Gasteiger partial charge in [-0.3, -0.25) is 0 Å². The normalized spacial score (nSPS) is 27.6. The highest BCUT2D eigenvalue weighted by molar-refractivity contribution is 7.00. The number of nitrogens with zero attached hydrogens (tertiary/aromatic N) is 2. The summed E-state index contributed by atoms with van der Waals surface area (Å²) in [5.41, 5.74) is 16.9. The Kier molecular flexibility index (Phi) is 10.3. The molecule has 0 N–H and O–H groups in total. The molecule has 3 heterocycles. The van der Waals surface area contributed by atoms with Crippen LogP contribution >= 0.6 is 0 Å². The summed E-state index contributed by atoms with van der Waals surface area (Å²) in [6.45, 7) is 41.0. The third-order valence-corrected chi connectivity index (χ3v) is 21.2. The van der Waals surface area contributed by atoms with E-state index in [1.54, 1.807) is 5.57 Å². The predicted molar refractivity (Wildman–Crippen MR) is 303 cm³/mol. The Labute approximate surface area is 438 Å². The fourth-order valence-corrected chi connectivity index (χ4v) is 16.0. The third-order valence-electron chi connectivity index (χ3n) is 21.2. The molecule has 384 valence electrons. The molecule has 12 rings (SSSR count). The van der Waals surface area contributed by atoms with Crippen molar-refractivity contribution in [1.82, 2.24) is 0 Å². The van der Waals surface area contributed by atoms with Gasteiger partial charge in [0.15, 0.2) is 5.88 Å². The monoisotopic (exact) mass is 981 g/mol. The maximum atomic E-state index is 17.0. The molecular formula is C67H83BF2N2O. The van der Waals surface area contributed by atoms with Crippen LogP contribution in [0.1, 0.15) is 202 Å². The standard InChI is InChI=1S/C67H83BF2N2O/c1-38-31-52-56-53(32-38)72(50-36-45-43(62(6,7)25-27-64(45,10)11)34-40(50)54-48(69)19-18-20-49(54)70)51-37-46-44(63(8,9)26-28-65(46,12)13)35-47(51)68(56)57-55-58(67(16,17)30-29-66(55,14)15)73-59(57)71(52)39-21-22-41-42(33-39)61(4,5)24-23-60(41,2)3/h18-22,31-32,34-37,39,43,45H,23-30,33H2,1-17H3. The SMILES string of the molecule is Cc1cc2c3c(c1)N(C1C=CC4=C(C1)C(C)(C)CCC4(C)C)c1oc4c(c1B3c1cc3c(cc1N2C1=CC2C(C=C1c1c(F)cccc1F)C(C)(C)CCC2(C)C)C(C)(C)CCC3(C)C)C(C)(C)CCC4(C)C. The van der Waals surface area contributed by atoms with Crippen molar-refractivity contribution in [2.24, 2.45) is 33.5 Å². The molecule has 8 aliphatic rings. The minimum Gasteiger partial charge on any atom is -0.445 e. The number of furan rings is 1. The van der Waals surface area contributed by atoms with Crippen molar-refractivity contribution in [2.45, 2.75) is 203 Å². The minimum atomic E-state index is -0.518. The quantitative estimate of drug-likeness (QED) is 0.191.